The van der Waals surface area contributed by atoms with Crippen LogP contribution in [0.25, 0.3) is 11.0 Å². The lowest BCUT2D eigenvalue weighted by Crippen LogP contribution is -2.12. The number of anilines is 1. The molecule has 3 aromatic rings. The quantitative estimate of drug-likeness (QED) is 0.750. The van der Waals surface area contributed by atoms with E-state index in [4.69, 9.17) is 0 Å². The second-order valence-electron chi connectivity index (χ2n) is 4.49. The summed E-state index contributed by atoms with van der Waals surface area (Å²) in [7, 11) is 0. The van der Waals surface area contributed by atoms with E-state index in [9.17, 15) is 9.18 Å². The molecule has 0 fully saturated rings. The molecule has 0 aliphatic heterocycles. The molecule has 100 valence electrons. The number of aromatic amines is 1. The van der Waals surface area contributed by atoms with E-state index in [0.29, 0.717) is 5.56 Å². The molecule has 0 spiro atoms. The molecule has 0 aliphatic carbocycles. The van der Waals surface area contributed by atoms with Gasteiger partial charge in [0.1, 0.15) is 11.6 Å². The third kappa shape index (κ3) is 2.25. The molecular formula is C15H12FN3O. The van der Waals surface area contributed by atoms with Crippen molar-refractivity contribution in [3.05, 3.63) is 59.7 Å². The van der Waals surface area contributed by atoms with Gasteiger partial charge < -0.3 is 10.3 Å². The van der Waals surface area contributed by atoms with Crippen LogP contribution in [0.5, 0.6) is 0 Å². The van der Waals surface area contributed by atoms with E-state index in [1.165, 1.54) is 12.1 Å². The molecular weight excluding hydrogens is 257 g/mol. The smallest absolute Gasteiger partial charge is 0.255 e. The normalized spacial score (nSPS) is 10.7. The summed E-state index contributed by atoms with van der Waals surface area (Å²) in [6.07, 6.45) is 0. The Morgan fingerprint density at radius 1 is 1.25 bits per heavy atom. The van der Waals surface area contributed by atoms with Crippen LogP contribution in [0.15, 0.2) is 42.5 Å². The highest BCUT2D eigenvalue weighted by Gasteiger charge is 2.10. The maximum Gasteiger partial charge on any atom is 0.255 e. The average Bonchev–Trinajstić information content (AvgIpc) is 2.80. The van der Waals surface area contributed by atoms with Gasteiger partial charge in [0.25, 0.3) is 5.91 Å². The van der Waals surface area contributed by atoms with Gasteiger partial charge in [-0.2, -0.15) is 0 Å². The number of aryl methyl sites for hydroxylation is 1. The zero-order chi connectivity index (χ0) is 14.1. The van der Waals surface area contributed by atoms with Gasteiger partial charge in [-0.05, 0) is 37.3 Å². The first kappa shape index (κ1) is 12.3. The van der Waals surface area contributed by atoms with Crippen LogP contribution in [0, 0.1) is 12.7 Å². The summed E-state index contributed by atoms with van der Waals surface area (Å²) in [6.45, 7) is 1.85. The number of hydrogen-bond donors (Lipinski definition) is 2. The Morgan fingerprint density at radius 3 is 2.85 bits per heavy atom. The van der Waals surface area contributed by atoms with Crippen molar-refractivity contribution in [1.82, 2.24) is 9.97 Å². The third-order valence-corrected chi connectivity index (χ3v) is 2.98. The highest BCUT2D eigenvalue weighted by Crippen LogP contribution is 2.17. The van der Waals surface area contributed by atoms with Crippen LogP contribution in [0.3, 0.4) is 0 Å². The summed E-state index contributed by atoms with van der Waals surface area (Å²) in [5.74, 6) is -0.0322. The minimum Gasteiger partial charge on any atom is -0.342 e. The van der Waals surface area contributed by atoms with Gasteiger partial charge in [-0.25, -0.2) is 9.37 Å². The van der Waals surface area contributed by atoms with Crippen LogP contribution in [-0.2, 0) is 0 Å². The predicted molar refractivity (Wildman–Crippen MR) is 75.2 cm³/mol. The highest BCUT2D eigenvalue weighted by atomic mass is 19.1. The van der Waals surface area contributed by atoms with E-state index in [2.05, 4.69) is 15.3 Å². The van der Waals surface area contributed by atoms with Crippen molar-refractivity contribution in [2.24, 2.45) is 0 Å². The Labute approximate surface area is 114 Å². The summed E-state index contributed by atoms with van der Waals surface area (Å²) in [6, 6.07) is 11.2. The first-order valence-electron chi connectivity index (χ1n) is 6.16. The second-order valence-corrected chi connectivity index (χ2v) is 4.49. The molecule has 2 aromatic carbocycles. The monoisotopic (exact) mass is 269 g/mol. The number of aromatic nitrogens is 2. The molecule has 0 unspecified atom stereocenters. The van der Waals surface area contributed by atoms with Crippen molar-refractivity contribution in [1.29, 1.82) is 0 Å². The van der Waals surface area contributed by atoms with Crippen LogP contribution < -0.4 is 5.32 Å². The Morgan fingerprint density at radius 2 is 2.05 bits per heavy atom. The second kappa shape index (κ2) is 4.77. The Hall–Kier alpha value is -2.69. The number of benzene rings is 2. The molecule has 0 saturated heterocycles. The molecule has 1 aromatic heterocycles. The number of H-pyrrole nitrogens is 1. The maximum atomic E-state index is 13.5. The number of imidazole rings is 1. The van der Waals surface area contributed by atoms with E-state index in [1.807, 2.05) is 6.92 Å². The molecule has 1 heterocycles. The number of nitrogens with zero attached hydrogens (tertiary/aromatic N) is 1. The van der Waals surface area contributed by atoms with Crippen LogP contribution in [0.1, 0.15) is 16.2 Å². The van der Waals surface area contributed by atoms with E-state index in [-0.39, 0.29) is 11.6 Å². The molecule has 3 rings (SSSR count). The number of halogens is 1. The van der Waals surface area contributed by atoms with Crippen molar-refractivity contribution in [2.45, 2.75) is 6.92 Å². The molecule has 0 aliphatic rings. The molecule has 2 N–H and O–H groups in total. The average molecular weight is 269 g/mol. The van der Waals surface area contributed by atoms with Gasteiger partial charge in [-0.1, -0.05) is 12.1 Å². The lowest BCUT2D eigenvalue weighted by atomic mass is 10.2. The highest BCUT2D eigenvalue weighted by molar-refractivity contribution is 6.05. The molecule has 1 amide bonds. The zero-order valence-corrected chi connectivity index (χ0v) is 10.8. The number of para-hydroxylation sites is 1. The number of carbonyl (C=O) groups excluding carboxylic acids is 1. The van der Waals surface area contributed by atoms with Crippen molar-refractivity contribution < 1.29 is 9.18 Å². The Kier molecular flexibility index (Phi) is 2.95. The van der Waals surface area contributed by atoms with E-state index in [0.717, 1.165) is 16.9 Å². The summed E-state index contributed by atoms with van der Waals surface area (Å²) < 4.78 is 13.5. The summed E-state index contributed by atoms with van der Waals surface area (Å²) in [5, 5.41) is 2.55. The van der Waals surface area contributed by atoms with Crippen molar-refractivity contribution in [3.63, 3.8) is 0 Å². The van der Waals surface area contributed by atoms with E-state index >= 15 is 0 Å². The van der Waals surface area contributed by atoms with Gasteiger partial charge in [0.05, 0.1) is 16.7 Å². The molecule has 0 atom stereocenters. The summed E-state index contributed by atoms with van der Waals surface area (Å²) >= 11 is 0. The standard InChI is InChI=1S/C15H12FN3O/c1-9-17-13-7-6-10(8-14(13)18-9)15(20)19-12-5-3-2-4-11(12)16/h2-8H,1H3,(H,17,18)(H,19,20). The van der Waals surface area contributed by atoms with Gasteiger partial charge in [-0.15, -0.1) is 0 Å². The molecule has 0 saturated carbocycles. The third-order valence-electron chi connectivity index (χ3n) is 2.98. The topological polar surface area (TPSA) is 57.8 Å². The number of fused-ring (bicyclic) bond motifs is 1. The molecule has 0 radical (unpaired) electrons. The number of hydrogen-bond acceptors (Lipinski definition) is 2. The number of amides is 1. The number of nitrogens with one attached hydrogen (secondary N) is 2. The molecule has 0 bridgehead atoms. The Bertz CT molecular complexity index is 795. The molecule has 5 heteroatoms. The van der Waals surface area contributed by atoms with Gasteiger partial charge in [0, 0.05) is 5.56 Å². The maximum absolute atomic E-state index is 13.5. The van der Waals surface area contributed by atoms with Crippen molar-refractivity contribution in [2.75, 3.05) is 5.32 Å². The fraction of sp³-hybridized carbons (Fsp3) is 0.0667. The molecule has 20 heavy (non-hydrogen) atoms. The first-order valence-corrected chi connectivity index (χ1v) is 6.16. The van der Waals surface area contributed by atoms with Gasteiger partial charge in [0.15, 0.2) is 0 Å². The van der Waals surface area contributed by atoms with Gasteiger partial charge in [-0.3, -0.25) is 4.79 Å². The summed E-state index contributed by atoms with van der Waals surface area (Å²) in [4.78, 5) is 19.4. The van der Waals surface area contributed by atoms with Crippen molar-refractivity contribution >= 4 is 22.6 Å². The van der Waals surface area contributed by atoms with Crippen LogP contribution in [-0.4, -0.2) is 15.9 Å². The minimum atomic E-state index is -0.459. The Balaban J connectivity index is 1.90. The van der Waals surface area contributed by atoms with Crippen LogP contribution in [0.4, 0.5) is 10.1 Å². The van der Waals surface area contributed by atoms with Crippen LogP contribution >= 0.6 is 0 Å². The van der Waals surface area contributed by atoms with Crippen LogP contribution in [0.2, 0.25) is 0 Å². The van der Waals surface area contributed by atoms with Crippen molar-refractivity contribution in [3.8, 4) is 0 Å². The van der Waals surface area contributed by atoms with E-state index in [1.54, 1.807) is 30.3 Å². The largest absolute Gasteiger partial charge is 0.342 e. The fourth-order valence-electron chi connectivity index (χ4n) is 2.04. The summed E-state index contributed by atoms with van der Waals surface area (Å²) in [5.41, 5.74) is 2.19. The van der Waals surface area contributed by atoms with E-state index < -0.39 is 5.82 Å². The lowest BCUT2D eigenvalue weighted by molar-refractivity contribution is 0.102. The zero-order valence-electron chi connectivity index (χ0n) is 10.8. The first-order chi connectivity index (χ1) is 9.63. The fourth-order valence-corrected chi connectivity index (χ4v) is 2.04. The van der Waals surface area contributed by atoms with Gasteiger partial charge in [0.2, 0.25) is 0 Å². The van der Waals surface area contributed by atoms with Gasteiger partial charge >= 0.3 is 0 Å². The lowest BCUT2D eigenvalue weighted by Gasteiger charge is -2.06. The predicted octanol–water partition coefficient (Wildman–Crippen LogP) is 3.26. The minimum absolute atomic E-state index is 0.165. The number of carbonyl (C=O) groups is 1. The SMILES string of the molecule is Cc1nc2ccc(C(=O)Nc3ccccc3F)cc2[nH]1. The molecule has 4 nitrogen and oxygen atoms in total. The number of rotatable bonds is 2.